The van der Waals surface area contributed by atoms with Gasteiger partial charge in [-0.15, -0.1) is 11.3 Å². The lowest BCUT2D eigenvalue weighted by Crippen LogP contribution is -2.30. The zero-order valence-electron chi connectivity index (χ0n) is 11.1. The minimum Gasteiger partial charge on any atom is -0.389 e. The van der Waals surface area contributed by atoms with E-state index in [1.807, 2.05) is 0 Å². The van der Waals surface area contributed by atoms with Crippen LogP contribution in [0.5, 0.6) is 0 Å². The Bertz CT molecular complexity index is 454. The number of aryl methyl sites for hydroxylation is 2. The quantitative estimate of drug-likeness (QED) is 0.894. The zero-order chi connectivity index (χ0) is 13.3. The van der Waals surface area contributed by atoms with Crippen LogP contribution in [0.3, 0.4) is 0 Å². The normalized spacial score (nSPS) is 21.1. The molecule has 0 bridgehead atoms. The molecule has 1 aromatic heterocycles. The van der Waals surface area contributed by atoms with Gasteiger partial charge in [0.15, 0.2) is 5.13 Å². The molecule has 2 aliphatic rings. The summed E-state index contributed by atoms with van der Waals surface area (Å²) in [6.45, 7) is 0. The van der Waals surface area contributed by atoms with Gasteiger partial charge in [-0.05, 0) is 38.5 Å². The van der Waals surface area contributed by atoms with Crippen LogP contribution in [-0.4, -0.2) is 21.6 Å². The first-order valence-electron chi connectivity index (χ1n) is 7.15. The van der Waals surface area contributed by atoms with Crippen LogP contribution >= 0.6 is 11.3 Å². The fourth-order valence-electron chi connectivity index (χ4n) is 3.08. The maximum absolute atomic E-state index is 12.0. The second-order valence-electron chi connectivity index (χ2n) is 5.75. The van der Waals surface area contributed by atoms with E-state index in [4.69, 9.17) is 0 Å². The number of amides is 1. The average Bonchev–Trinajstić information content (AvgIpc) is 2.94. The van der Waals surface area contributed by atoms with Crippen molar-refractivity contribution >= 4 is 22.4 Å². The average molecular weight is 280 g/mol. The Balaban J connectivity index is 1.61. The maximum Gasteiger partial charge on any atom is 0.229 e. The van der Waals surface area contributed by atoms with E-state index in [1.54, 1.807) is 11.3 Å². The number of aliphatic hydroxyl groups is 1. The highest BCUT2D eigenvalue weighted by molar-refractivity contribution is 7.15. The fourth-order valence-corrected chi connectivity index (χ4v) is 4.14. The topological polar surface area (TPSA) is 62.2 Å². The van der Waals surface area contributed by atoms with Crippen LogP contribution in [0.15, 0.2) is 0 Å². The Morgan fingerprint density at radius 3 is 2.74 bits per heavy atom. The van der Waals surface area contributed by atoms with Crippen LogP contribution in [-0.2, 0) is 17.6 Å². The molecule has 1 heterocycles. The van der Waals surface area contributed by atoms with Crippen molar-refractivity contribution < 1.29 is 9.90 Å². The molecular weight excluding hydrogens is 260 g/mol. The molecule has 0 radical (unpaired) electrons. The molecule has 2 N–H and O–H groups in total. The first kappa shape index (κ1) is 13.1. The molecule has 4 nitrogen and oxygen atoms in total. The smallest absolute Gasteiger partial charge is 0.229 e. The second-order valence-corrected chi connectivity index (χ2v) is 6.84. The molecular formula is C14H20N2O2S. The van der Waals surface area contributed by atoms with Crippen LogP contribution < -0.4 is 5.32 Å². The lowest BCUT2D eigenvalue weighted by molar-refractivity contribution is -0.120. The van der Waals surface area contributed by atoms with Gasteiger partial charge in [-0.2, -0.15) is 0 Å². The van der Waals surface area contributed by atoms with Crippen molar-refractivity contribution in [3.05, 3.63) is 10.6 Å². The molecule has 0 unspecified atom stereocenters. The van der Waals surface area contributed by atoms with E-state index in [-0.39, 0.29) is 12.3 Å². The van der Waals surface area contributed by atoms with Gasteiger partial charge in [-0.25, -0.2) is 4.98 Å². The van der Waals surface area contributed by atoms with Crippen LogP contribution in [0.2, 0.25) is 0 Å². The van der Waals surface area contributed by atoms with Crippen molar-refractivity contribution in [3.63, 3.8) is 0 Å². The third kappa shape index (κ3) is 2.98. The van der Waals surface area contributed by atoms with Gasteiger partial charge in [0.25, 0.3) is 0 Å². The Morgan fingerprint density at radius 2 is 2.00 bits per heavy atom. The van der Waals surface area contributed by atoms with Crippen molar-refractivity contribution in [2.75, 3.05) is 5.32 Å². The Kier molecular flexibility index (Phi) is 3.58. The number of anilines is 1. The number of carbonyl (C=O) groups excluding carboxylic acids is 1. The molecule has 19 heavy (non-hydrogen) atoms. The molecule has 3 rings (SSSR count). The van der Waals surface area contributed by atoms with E-state index >= 15 is 0 Å². The number of fused-ring (bicyclic) bond motifs is 1. The van der Waals surface area contributed by atoms with Crippen LogP contribution in [0.25, 0.3) is 0 Å². The summed E-state index contributed by atoms with van der Waals surface area (Å²) in [5.74, 6) is -0.101. The highest BCUT2D eigenvalue weighted by atomic mass is 32.1. The van der Waals surface area contributed by atoms with E-state index in [2.05, 4.69) is 10.3 Å². The number of nitrogens with one attached hydrogen (secondary N) is 1. The molecule has 0 aliphatic heterocycles. The van der Waals surface area contributed by atoms with E-state index in [9.17, 15) is 9.90 Å². The summed E-state index contributed by atoms with van der Waals surface area (Å²) in [6, 6.07) is 0. The molecule has 0 atom stereocenters. The number of hydrogen-bond acceptors (Lipinski definition) is 4. The molecule has 1 saturated carbocycles. The first-order valence-corrected chi connectivity index (χ1v) is 7.97. The predicted molar refractivity (Wildman–Crippen MR) is 75.4 cm³/mol. The van der Waals surface area contributed by atoms with E-state index in [1.165, 1.54) is 17.7 Å². The second kappa shape index (κ2) is 5.21. The molecule has 0 saturated heterocycles. The Labute approximate surface area is 117 Å². The zero-order valence-corrected chi connectivity index (χ0v) is 11.9. The highest BCUT2D eigenvalue weighted by Crippen LogP contribution is 2.33. The number of hydrogen-bond donors (Lipinski definition) is 2. The van der Waals surface area contributed by atoms with Gasteiger partial charge >= 0.3 is 0 Å². The number of thiazole rings is 1. The minimum absolute atomic E-state index is 0.101. The number of aromatic nitrogens is 1. The standard InChI is InChI=1S/C14H20N2O2S/c17-12(9-14(18)7-3-4-8-14)16-13-15-10-5-1-2-6-11(10)19-13/h18H,1-9H2,(H,15,16,17). The van der Waals surface area contributed by atoms with E-state index in [0.29, 0.717) is 5.13 Å². The third-order valence-electron chi connectivity index (χ3n) is 4.12. The van der Waals surface area contributed by atoms with Crippen molar-refractivity contribution in [1.82, 2.24) is 4.98 Å². The number of rotatable bonds is 3. The van der Waals surface area contributed by atoms with Crippen molar-refractivity contribution in [1.29, 1.82) is 0 Å². The molecule has 2 aliphatic carbocycles. The van der Waals surface area contributed by atoms with Gasteiger partial charge in [0.1, 0.15) is 0 Å². The predicted octanol–water partition coefficient (Wildman–Crippen LogP) is 2.66. The summed E-state index contributed by atoms with van der Waals surface area (Å²) in [6.07, 6.45) is 8.29. The van der Waals surface area contributed by atoms with E-state index in [0.717, 1.165) is 44.2 Å². The van der Waals surface area contributed by atoms with Gasteiger partial charge in [0.05, 0.1) is 17.7 Å². The van der Waals surface area contributed by atoms with Gasteiger partial charge in [0.2, 0.25) is 5.91 Å². The fraction of sp³-hybridized carbons (Fsp3) is 0.714. The molecule has 1 aromatic rings. The van der Waals surface area contributed by atoms with Crippen molar-refractivity contribution in [3.8, 4) is 0 Å². The molecule has 0 spiro atoms. The third-order valence-corrected chi connectivity index (χ3v) is 5.19. The van der Waals surface area contributed by atoms with Gasteiger partial charge in [-0.1, -0.05) is 12.8 Å². The van der Waals surface area contributed by atoms with Crippen LogP contribution in [0, 0.1) is 0 Å². The van der Waals surface area contributed by atoms with Crippen LogP contribution in [0.1, 0.15) is 55.5 Å². The summed E-state index contributed by atoms with van der Waals surface area (Å²) < 4.78 is 0. The van der Waals surface area contributed by atoms with Gasteiger partial charge < -0.3 is 10.4 Å². The number of nitrogens with zero attached hydrogens (tertiary/aromatic N) is 1. The lowest BCUT2D eigenvalue weighted by atomic mass is 9.98. The summed E-state index contributed by atoms with van der Waals surface area (Å²) >= 11 is 1.60. The first-order chi connectivity index (χ1) is 9.15. The van der Waals surface area contributed by atoms with Crippen molar-refractivity contribution in [2.45, 2.75) is 63.4 Å². The summed E-state index contributed by atoms with van der Waals surface area (Å²) in [4.78, 5) is 17.8. The minimum atomic E-state index is -0.777. The monoisotopic (exact) mass is 280 g/mol. The van der Waals surface area contributed by atoms with Crippen LogP contribution in [0.4, 0.5) is 5.13 Å². The molecule has 1 fully saturated rings. The summed E-state index contributed by atoms with van der Waals surface area (Å²) in [7, 11) is 0. The molecule has 104 valence electrons. The number of carbonyl (C=O) groups is 1. The van der Waals surface area contributed by atoms with Gasteiger partial charge in [-0.3, -0.25) is 4.79 Å². The molecule has 1 amide bonds. The summed E-state index contributed by atoms with van der Waals surface area (Å²) in [5, 5.41) is 13.8. The Hall–Kier alpha value is -0.940. The van der Waals surface area contributed by atoms with E-state index < -0.39 is 5.60 Å². The maximum atomic E-state index is 12.0. The molecule has 0 aromatic carbocycles. The molecule has 5 heteroatoms. The lowest BCUT2D eigenvalue weighted by Gasteiger charge is -2.20. The highest BCUT2D eigenvalue weighted by Gasteiger charge is 2.33. The van der Waals surface area contributed by atoms with Crippen molar-refractivity contribution in [2.24, 2.45) is 0 Å². The Morgan fingerprint density at radius 1 is 1.26 bits per heavy atom. The van der Waals surface area contributed by atoms with Gasteiger partial charge in [0, 0.05) is 4.88 Å². The SMILES string of the molecule is O=C(CC1(O)CCCC1)Nc1nc2c(s1)CCCC2. The summed E-state index contributed by atoms with van der Waals surface area (Å²) in [5.41, 5.74) is 0.382. The largest absolute Gasteiger partial charge is 0.389 e.